The smallest absolute Gasteiger partial charge is 0.330 e. The van der Waals surface area contributed by atoms with E-state index in [1.54, 1.807) is 0 Å². The molecule has 0 aliphatic rings. The Labute approximate surface area is 91.3 Å². The highest BCUT2D eigenvalue weighted by atomic mass is 19.2. The van der Waals surface area contributed by atoms with Crippen LogP contribution in [0.2, 0.25) is 0 Å². The van der Waals surface area contributed by atoms with Gasteiger partial charge >= 0.3 is 5.97 Å². The summed E-state index contributed by atoms with van der Waals surface area (Å²) in [6.45, 7) is 0. The van der Waals surface area contributed by atoms with Gasteiger partial charge in [-0.2, -0.15) is 0 Å². The number of hydrogen-bond donors (Lipinski definition) is 0. The zero-order chi connectivity index (χ0) is 12.1. The first-order valence-corrected chi connectivity index (χ1v) is 4.37. The lowest BCUT2D eigenvalue weighted by Gasteiger charge is -2.05. The highest BCUT2D eigenvalue weighted by molar-refractivity contribution is 5.87. The highest BCUT2D eigenvalue weighted by Crippen LogP contribution is 2.23. The maximum absolute atomic E-state index is 12.9. The molecule has 0 atom stereocenters. The van der Waals surface area contributed by atoms with E-state index >= 15 is 0 Å². The second kappa shape index (κ2) is 5.25. The molecule has 5 heteroatoms. The summed E-state index contributed by atoms with van der Waals surface area (Å²) in [7, 11) is 2.54. The number of ether oxygens (including phenoxy) is 2. The summed E-state index contributed by atoms with van der Waals surface area (Å²) in [5.74, 6) is -2.47. The van der Waals surface area contributed by atoms with Gasteiger partial charge in [0.1, 0.15) is 5.75 Å². The minimum absolute atomic E-state index is 0.138. The molecule has 0 fully saturated rings. The van der Waals surface area contributed by atoms with Crippen LogP contribution in [0.1, 0.15) is 5.56 Å². The number of carbonyl (C=O) groups is 1. The Bertz CT molecular complexity index is 427. The van der Waals surface area contributed by atoms with E-state index in [0.29, 0.717) is 0 Å². The molecular weight excluding hydrogens is 218 g/mol. The van der Waals surface area contributed by atoms with E-state index in [0.717, 1.165) is 18.2 Å². The fourth-order valence-corrected chi connectivity index (χ4v) is 1.08. The molecule has 0 unspecified atom stereocenters. The topological polar surface area (TPSA) is 35.5 Å². The minimum atomic E-state index is -1.01. The van der Waals surface area contributed by atoms with Gasteiger partial charge < -0.3 is 9.47 Å². The van der Waals surface area contributed by atoms with Crippen molar-refractivity contribution in [2.24, 2.45) is 0 Å². The van der Waals surface area contributed by atoms with E-state index in [1.165, 1.54) is 20.3 Å². The number of methoxy groups -OCH3 is 2. The fraction of sp³-hybridized carbons (Fsp3) is 0.182. The van der Waals surface area contributed by atoms with Crippen molar-refractivity contribution in [2.45, 2.75) is 0 Å². The Morgan fingerprint density at radius 2 is 1.88 bits per heavy atom. The lowest BCUT2D eigenvalue weighted by molar-refractivity contribution is -0.134. The number of esters is 1. The molecule has 3 nitrogen and oxygen atoms in total. The lowest BCUT2D eigenvalue weighted by Crippen LogP contribution is -1.95. The predicted molar refractivity (Wildman–Crippen MR) is 54.0 cm³/mol. The quantitative estimate of drug-likeness (QED) is 0.587. The number of rotatable bonds is 3. The van der Waals surface area contributed by atoms with Crippen LogP contribution >= 0.6 is 0 Å². The van der Waals surface area contributed by atoms with Crippen molar-refractivity contribution in [1.29, 1.82) is 0 Å². The van der Waals surface area contributed by atoms with Gasteiger partial charge in [-0.3, -0.25) is 0 Å². The predicted octanol–water partition coefficient (Wildman–Crippen LogP) is 2.16. The Morgan fingerprint density at radius 3 is 2.44 bits per heavy atom. The van der Waals surface area contributed by atoms with Gasteiger partial charge in [0.25, 0.3) is 0 Å². The molecule has 0 radical (unpaired) electrons. The maximum atomic E-state index is 12.9. The Morgan fingerprint density at radius 1 is 1.25 bits per heavy atom. The van der Waals surface area contributed by atoms with Crippen LogP contribution in [0.5, 0.6) is 5.75 Å². The molecule has 0 aromatic heterocycles. The molecule has 1 aromatic rings. The molecule has 0 saturated heterocycles. The van der Waals surface area contributed by atoms with Crippen molar-refractivity contribution in [3.05, 3.63) is 35.4 Å². The van der Waals surface area contributed by atoms with E-state index in [9.17, 15) is 13.6 Å². The van der Waals surface area contributed by atoms with Gasteiger partial charge in [-0.15, -0.1) is 0 Å². The summed E-state index contributed by atoms with van der Waals surface area (Å²) >= 11 is 0. The number of halogens is 2. The molecule has 16 heavy (non-hydrogen) atoms. The Kier molecular flexibility index (Phi) is 3.99. The zero-order valence-electron chi connectivity index (χ0n) is 8.79. The maximum Gasteiger partial charge on any atom is 0.330 e. The van der Waals surface area contributed by atoms with Gasteiger partial charge in [0.05, 0.1) is 14.2 Å². The molecule has 86 valence electrons. The highest BCUT2D eigenvalue weighted by Gasteiger charge is 2.08. The summed E-state index contributed by atoms with van der Waals surface area (Å²) in [5, 5.41) is 0. The Balaban J connectivity index is 3.07. The fourth-order valence-electron chi connectivity index (χ4n) is 1.08. The second-order valence-electron chi connectivity index (χ2n) is 2.86. The summed E-state index contributed by atoms with van der Waals surface area (Å²) in [4.78, 5) is 10.8. The third-order valence-electron chi connectivity index (χ3n) is 1.87. The van der Waals surface area contributed by atoms with Crippen molar-refractivity contribution in [1.82, 2.24) is 0 Å². The summed E-state index contributed by atoms with van der Waals surface area (Å²) in [6, 6.07) is 1.85. The van der Waals surface area contributed by atoms with Gasteiger partial charge in [0, 0.05) is 17.7 Å². The van der Waals surface area contributed by atoms with Gasteiger partial charge in [0.2, 0.25) is 0 Å². The summed E-state index contributed by atoms with van der Waals surface area (Å²) in [5.41, 5.74) is 0.256. The molecule has 0 aliphatic heterocycles. The van der Waals surface area contributed by atoms with E-state index in [1.807, 2.05) is 0 Å². The summed E-state index contributed by atoms with van der Waals surface area (Å²) < 4.78 is 35.0. The van der Waals surface area contributed by atoms with Gasteiger partial charge in [0.15, 0.2) is 11.6 Å². The molecule has 0 amide bonds. The van der Waals surface area contributed by atoms with Gasteiger partial charge in [-0.25, -0.2) is 13.6 Å². The van der Waals surface area contributed by atoms with Crippen LogP contribution in [0.15, 0.2) is 18.2 Å². The van der Waals surface area contributed by atoms with E-state index in [2.05, 4.69) is 4.74 Å². The van der Waals surface area contributed by atoms with Crippen LogP contribution in [-0.2, 0) is 9.53 Å². The van der Waals surface area contributed by atoms with Crippen LogP contribution in [0, 0.1) is 11.6 Å². The van der Waals surface area contributed by atoms with Gasteiger partial charge in [-0.05, 0) is 12.1 Å². The first kappa shape index (κ1) is 12.2. The molecular formula is C11H10F2O3. The molecule has 0 heterocycles. The van der Waals surface area contributed by atoms with Crippen LogP contribution in [0.4, 0.5) is 8.78 Å². The van der Waals surface area contributed by atoms with Crippen molar-refractivity contribution in [2.75, 3.05) is 14.2 Å². The van der Waals surface area contributed by atoms with Crippen molar-refractivity contribution >= 4 is 12.0 Å². The Hall–Kier alpha value is -1.91. The largest absolute Gasteiger partial charge is 0.496 e. The zero-order valence-corrected chi connectivity index (χ0v) is 8.79. The third-order valence-corrected chi connectivity index (χ3v) is 1.87. The average molecular weight is 228 g/mol. The monoisotopic (exact) mass is 228 g/mol. The molecule has 0 saturated carbocycles. The molecule has 1 aromatic carbocycles. The third kappa shape index (κ3) is 2.79. The van der Waals surface area contributed by atoms with Crippen LogP contribution in [0.3, 0.4) is 0 Å². The van der Waals surface area contributed by atoms with Crippen LogP contribution in [-0.4, -0.2) is 20.2 Å². The van der Waals surface area contributed by atoms with Gasteiger partial charge in [-0.1, -0.05) is 0 Å². The molecule has 0 aliphatic carbocycles. The van der Waals surface area contributed by atoms with E-state index in [-0.39, 0.29) is 11.3 Å². The SMILES string of the molecule is COC(=O)C=Cc1cc(F)c(F)cc1OC. The second-order valence-corrected chi connectivity index (χ2v) is 2.86. The van der Waals surface area contributed by atoms with E-state index in [4.69, 9.17) is 4.74 Å². The normalized spacial score (nSPS) is 10.5. The first-order valence-electron chi connectivity index (χ1n) is 4.37. The summed E-state index contributed by atoms with van der Waals surface area (Å²) in [6.07, 6.45) is 2.38. The van der Waals surface area contributed by atoms with Crippen molar-refractivity contribution in [3.8, 4) is 5.75 Å². The van der Waals surface area contributed by atoms with Crippen LogP contribution < -0.4 is 4.74 Å². The lowest BCUT2D eigenvalue weighted by atomic mass is 10.1. The number of carbonyl (C=O) groups excluding carboxylic acids is 1. The molecule has 0 N–H and O–H groups in total. The number of benzene rings is 1. The minimum Gasteiger partial charge on any atom is -0.496 e. The van der Waals surface area contributed by atoms with Crippen LogP contribution in [0.25, 0.3) is 6.08 Å². The standard InChI is InChI=1S/C11H10F2O3/c1-15-10-6-9(13)8(12)5-7(10)3-4-11(14)16-2/h3-6H,1-2H3. The number of hydrogen-bond acceptors (Lipinski definition) is 3. The first-order chi connectivity index (χ1) is 7.58. The average Bonchev–Trinajstić information content (AvgIpc) is 2.29. The van der Waals surface area contributed by atoms with Crippen molar-refractivity contribution in [3.63, 3.8) is 0 Å². The molecule has 0 spiro atoms. The van der Waals surface area contributed by atoms with E-state index < -0.39 is 17.6 Å². The van der Waals surface area contributed by atoms with Crippen molar-refractivity contribution < 1.29 is 23.0 Å². The molecule has 0 bridgehead atoms. The molecule has 1 rings (SSSR count).